The van der Waals surface area contributed by atoms with E-state index in [1.165, 1.54) is 11.1 Å². The van der Waals surface area contributed by atoms with Gasteiger partial charge in [0.1, 0.15) is 0 Å². The van der Waals surface area contributed by atoms with Crippen molar-refractivity contribution in [2.75, 3.05) is 56.4 Å². The summed E-state index contributed by atoms with van der Waals surface area (Å²) >= 11 is 0. The minimum absolute atomic E-state index is 0.885. The molecule has 0 spiro atoms. The van der Waals surface area contributed by atoms with E-state index in [1.54, 1.807) is 0 Å². The minimum atomic E-state index is 0.885. The van der Waals surface area contributed by atoms with E-state index >= 15 is 0 Å². The summed E-state index contributed by atoms with van der Waals surface area (Å²) in [4.78, 5) is 17.5. The van der Waals surface area contributed by atoms with Crippen molar-refractivity contribution in [1.82, 2.24) is 19.6 Å². The van der Waals surface area contributed by atoms with Crippen molar-refractivity contribution >= 4 is 23.3 Å². The van der Waals surface area contributed by atoms with Gasteiger partial charge in [0.25, 0.3) is 0 Å². The quantitative estimate of drug-likeness (QED) is 0.588. The highest BCUT2D eigenvalue weighted by molar-refractivity contribution is 5.82. The van der Waals surface area contributed by atoms with Crippen LogP contribution in [0.5, 0.6) is 0 Å². The summed E-state index contributed by atoms with van der Waals surface area (Å²) < 4.78 is 0. The zero-order chi connectivity index (χ0) is 21.6. The highest BCUT2D eigenvalue weighted by Crippen LogP contribution is 2.19. The largest absolute Gasteiger partial charge is 0.349 e. The Bertz CT molecular complexity index is 739. The van der Waals surface area contributed by atoms with Gasteiger partial charge in [-0.15, -0.1) is 0 Å². The molecule has 0 radical (unpaired) electrons. The highest BCUT2D eigenvalue weighted by Gasteiger charge is 2.06. The lowest BCUT2D eigenvalue weighted by atomic mass is 10.0. The molecule has 2 aromatic rings. The topological polar surface area (TPSA) is 37.7 Å². The standard InChI is InChI=1S/C23H34N6/c1-26(2)22(27(3)4)24-20-13-9-18(10-14-20)17-19-11-15-21(16-12-19)25-23(28(5)6)29(7)8/h9-16H,17H2,1-8H3. The maximum Gasteiger partial charge on any atom is 0.200 e. The molecular weight excluding hydrogens is 360 g/mol. The number of hydrogen-bond donors (Lipinski definition) is 0. The third-order valence-corrected chi connectivity index (χ3v) is 4.34. The second kappa shape index (κ2) is 9.96. The molecular formula is C23H34N6. The van der Waals surface area contributed by atoms with Gasteiger partial charge in [-0.2, -0.15) is 0 Å². The Balaban J connectivity index is 2.11. The molecule has 0 unspecified atom stereocenters. The number of nitrogens with zero attached hydrogens (tertiary/aromatic N) is 6. The van der Waals surface area contributed by atoms with Crippen molar-refractivity contribution in [3.05, 3.63) is 59.7 Å². The lowest BCUT2D eigenvalue weighted by Gasteiger charge is -2.22. The van der Waals surface area contributed by atoms with E-state index in [2.05, 4.69) is 48.5 Å². The van der Waals surface area contributed by atoms with Crippen LogP contribution < -0.4 is 0 Å². The van der Waals surface area contributed by atoms with E-state index < -0.39 is 0 Å². The van der Waals surface area contributed by atoms with E-state index in [4.69, 9.17) is 9.98 Å². The Morgan fingerprint density at radius 1 is 0.517 bits per heavy atom. The molecule has 0 aliphatic heterocycles. The van der Waals surface area contributed by atoms with E-state index in [9.17, 15) is 0 Å². The zero-order valence-electron chi connectivity index (χ0n) is 19.0. The third-order valence-electron chi connectivity index (χ3n) is 4.34. The molecule has 0 heterocycles. The van der Waals surface area contributed by atoms with Gasteiger partial charge in [0.15, 0.2) is 0 Å². The SMILES string of the molecule is CN(C)C(=Nc1ccc(Cc2ccc(N=C(N(C)C)N(C)C)cc2)cc1)N(C)C. The molecule has 0 atom stereocenters. The Morgan fingerprint density at radius 3 is 1.03 bits per heavy atom. The second-order valence-corrected chi connectivity index (χ2v) is 7.91. The molecule has 0 fully saturated rings. The van der Waals surface area contributed by atoms with Gasteiger partial charge in [0, 0.05) is 56.4 Å². The molecule has 6 heteroatoms. The molecule has 0 amide bonds. The summed E-state index contributed by atoms with van der Waals surface area (Å²) in [6, 6.07) is 16.9. The van der Waals surface area contributed by atoms with Crippen LogP contribution in [0.1, 0.15) is 11.1 Å². The van der Waals surface area contributed by atoms with Gasteiger partial charge in [0.05, 0.1) is 11.4 Å². The lowest BCUT2D eigenvalue weighted by molar-refractivity contribution is 0.484. The molecule has 0 N–H and O–H groups in total. The molecule has 6 nitrogen and oxygen atoms in total. The van der Waals surface area contributed by atoms with E-state index in [0.717, 1.165) is 29.7 Å². The van der Waals surface area contributed by atoms with Crippen molar-refractivity contribution < 1.29 is 0 Å². The number of guanidine groups is 2. The van der Waals surface area contributed by atoms with Crippen molar-refractivity contribution in [2.24, 2.45) is 9.98 Å². The van der Waals surface area contributed by atoms with Crippen LogP contribution >= 0.6 is 0 Å². The van der Waals surface area contributed by atoms with Crippen molar-refractivity contribution in [3.8, 4) is 0 Å². The molecule has 2 rings (SSSR count). The highest BCUT2D eigenvalue weighted by atomic mass is 15.3. The first-order valence-electron chi connectivity index (χ1n) is 9.72. The first-order valence-corrected chi connectivity index (χ1v) is 9.72. The Morgan fingerprint density at radius 2 is 0.793 bits per heavy atom. The first kappa shape index (κ1) is 22.3. The molecule has 0 aliphatic carbocycles. The van der Waals surface area contributed by atoms with E-state index in [1.807, 2.05) is 76.0 Å². The van der Waals surface area contributed by atoms with Crippen LogP contribution in [-0.4, -0.2) is 87.9 Å². The van der Waals surface area contributed by atoms with Crippen molar-refractivity contribution in [2.45, 2.75) is 6.42 Å². The van der Waals surface area contributed by atoms with Crippen LogP contribution in [0.2, 0.25) is 0 Å². The van der Waals surface area contributed by atoms with E-state index in [0.29, 0.717) is 0 Å². The van der Waals surface area contributed by atoms with Gasteiger partial charge in [-0.3, -0.25) is 0 Å². The second-order valence-electron chi connectivity index (χ2n) is 7.91. The van der Waals surface area contributed by atoms with Gasteiger partial charge < -0.3 is 19.6 Å². The summed E-state index contributed by atoms with van der Waals surface area (Å²) in [5.41, 5.74) is 4.43. The van der Waals surface area contributed by atoms with E-state index in [-0.39, 0.29) is 0 Å². The first-order chi connectivity index (χ1) is 13.7. The maximum atomic E-state index is 4.72. The summed E-state index contributed by atoms with van der Waals surface area (Å²) in [6.45, 7) is 0. The number of hydrogen-bond acceptors (Lipinski definition) is 2. The molecule has 156 valence electrons. The molecule has 0 aromatic heterocycles. The Kier molecular flexibility index (Phi) is 7.65. The maximum absolute atomic E-state index is 4.72. The van der Waals surface area contributed by atoms with Crippen LogP contribution in [0.3, 0.4) is 0 Å². The average molecular weight is 395 g/mol. The van der Waals surface area contributed by atoms with Gasteiger partial charge in [-0.1, -0.05) is 24.3 Å². The number of rotatable bonds is 4. The minimum Gasteiger partial charge on any atom is -0.349 e. The fourth-order valence-electron chi connectivity index (χ4n) is 3.04. The fraction of sp³-hybridized carbons (Fsp3) is 0.391. The van der Waals surface area contributed by atoms with Crippen LogP contribution in [0.15, 0.2) is 58.5 Å². The molecule has 0 aliphatic rings. The predicted molar refractivity (Wildman–Crippen MR) is 125 cm³/mol. The third kappa shape index (κ3) is 6.52. The van der Waals surface area contributed by atoms with Crippen LogP contribution in [0.25, 0.3) is 0 Å². The summed E-state index contributed by atoms with van der Waals surface area (Å²) in [5.74, 6) is 1.84. The molecule has 0 saturated heterocycles. The molecule has 29 heavy (non-hydrogen) atoms. The van der Waals surface area contributed by atoms with Crippen LogP contribution in [-0.2, 0) is 6.42 Å². The molecule has 2 aromatic carbocycles. The van der Waals surface area contributed by atoms with Gasteiger partial charge >= 0.3 is 0 Å². The normalized spacial score (nSPS) is 10.2. The Labute approximate surface area is 175 Å². The summed E-state index contributed by atoms with van der Waals surface area (Å²) in [5, 5.41) is 0. The molecule has 0 bridgehead atoms. The van der Waals surface area contributed by atoms with Gasteiger partial charge in [0.2, 0.25) is 11.9 Å². The Hall–Kier alpha value is -3.02. The van der Waals surface area contributed by atoms with Crippen LogP contribution in [0.4, 0.5) is 11.4 Å². The lowest BCUT2D eigenvalue weighted by Crippen LogP contribution is -2.35. The van der Waals surface area contributed by atoms with Crippen LogP contribution in [0, 0.1) is 0 Å². The predicted octanol–water partition coefficient (Wildman–Crippen LogP) is 3.50. The van der Waals surface area contributed by atoms with Gasteiger partial charge in [-0.05, 0) is 41.8 Å². The smallest absolute Gasteiger partial charge is 0.200 e. The average Bonchev–Trinajstić information content (AvgIpc) is 2.65. The molecule has 0 saturated carbocycles. The van der Waals surface area contributed by atoms with Crippen molar-refractivity contribution in [1.29, 1.82) is 0 Å². The monoisotopic (exact) mass is 394 g/mol. The zero-order valence-corrected chi connectivity index (χ0v) is 19.0. The van der Waals surface area contributed by atoms with Gasteiger partial charge in [-0.25, -0.2) is 9.98 Å². The number of aliphatic imine (C=N–C) groups is 2. The summed E-state index contributed by atoms with van der Waals surface area (Å²) in [7, 11) is 16.0. The summed E-state index contributed by atoms with van der Waals surface area (Å²) in [6.07, 6.45) is 0.885. The fourth-order valence-corrected chi connectivity index (χ4v) is 3.04. The number of benzene rings is 2. The van der Waals surface area contributed by atoms with Crippen molar-refractivity contribution in [3.63, 3.8) is 0 Å².